The molecular weight excluding hydrogens is 310 g/mol. The van der Waals surface area contributed by atoms with Gasteiger partial charge >= 0.3 is 0 Å². The van der Waals surface area contributed by atoms with Crippen LogP contribution in [0.2, 0.25) is 5.02 Å². The standard InChI is InChI=1S/C18H20ClN3O/c19-17-4-2-1-3-15(17)9-22-10-18(11-22)6-16(23-12-18)5-14-7-20-13-21-8-14/h1-4,7-8,13,16H,5-6,9-12H2. The summed E-state index contributed by atoms with van der Waals surface area (Å²) < 4.78 is 6.03. The van der Waals surface area contributed by atoms with Crippen LogP contribution in [0.4, 0.5) is 0 Å². The van der Waals surface area contributed by atoms with E-state index in [4.69, 9.17) is 16.3 Å². The van der Waals surface area contributed by atoms with Gasteiger partial charge in [-0.2, -0.15) is 0 Å². The Balaban J connectivity index is 1.30. The van der Waals surface area contributed by atoms with Crippen LogP contribution in [0.1, 0.15) is 17.5 Å². The van der Waals surface area contributed by atoms with Gasteiger partial charge in [0.15, 0.2) is 0 Å². The Bertz CT molecular complexity index is 673. The van der Waals surface area contributed by atoms with Crippen LogP contribution in [0.15, 0.2) is 43.0 Å². The molecule has 0 N–H and O–H groups in total. The Hall–Kier alpha value is -1.49. The van der Waals surface area contributed by atoms with Crippen molar-refractivity contribution in [3.05, 3.63) is 59.1 Å². The molecule has 0 amide bonds. The molecule has 2 saturated heterocycles. The van der Waals surface area contributed by atoms with Crippen molar-refractivity contribution in [3.8, 4) is 0 Å². The minimum absolute atomic E-state index is 0.295. The van der Waals surface area contributed by atoms with Crippen LogP contribution in [-0.4, -0.2) is 40.7 Å². The summed E-state index contributed by atoms with van der Waals surface area (Å²) >= 11 is 6.25. The second-order valence-corrected chi connectivity index (χ2v) is 7.23. The molecule has 0 aliphatic carbocycles. The van der Waals surface area contributed by atoms with E-state index in [0.717, 1.165) is 49.7 Å². The second-order valence-electron chi connectivity index (χ2n) is 6.82. The molecule has 1 atom stereocenters. The maximum absolute atomic E-state index is 6.25. The van der Waals surface area contributed by atoms with Gasteiger partial charge in [-0.15, -0.1) is 0 Å². The summed E-state index contributed by atoms with van der Waals surface area (Å²) in [5.41, 5.74) is 2.70. The molecule has 0 bridgehead atoms. The molecule has 2 aromatic rings. The highest BCUT2D eigenvalue weighted by atomic mass is 35.5. The van der Waals surface area contributed by atoms with Crippen LogP contribution < -0.4 is 0 Å². The summed E-state index contributed by atoms with van der Waals surface area (Å²) in [5.74, 6) is 0. The third kappa shape index (κ3) is 3.25. The van der Waals surface area contributed by atoms with Crippen molar-refractivity contribution >= 4 is 11.6 Å². The average molecular weight is 330 g/mol. The molecule has 2 fully saturated rings. The lowest BCUT2D eigenvalue weighted by atomic mass is 9.77. The molecule has 1 aromatic carbocycles. The summed E-state index contributed by atoms with van der Waals surface area (Å²) in [5, 5.41) is 0.859. The number of benzene rings is 1. The number of aromatic nitrogens is 2. The molecule has 3 heterocycles. The van der Waals surface area contributed by atoms with E-state index in [9.17, 15) is 0 Å². The third-order valence-corrected chi connectivity index (χ3v) is 5.20. The first-order chi connectivity index (χ1) is 11.2. The summed E-state index contributed by atoms with van der Waals surface area (Å²) in [7, 11) is 0. The van der Waals surface area contributed by atoms with E-state index in [1.165, 1.54) is 5.56 Å². The number of rotatable bonds is 4. The highest BCUT2D eigenvalue weighted by molar-refractivity contribution is 6.31. The first-order valence-electron chi connectivity index (χ1n) is 8.04. The fourth-order valence-electron chi connectivity index (χ4n) is 3.83. The number of nitrogens with zero attached hydrogens (tertiary/aromatic N) is 3. The van der Waals surface area contributed by atoms with E-state index in [-0.39, 0.29) is 0 Å². The van der Waals surface area contributed by atoms with Gasteiger partial charge in [0.05, 0.1) is 12.7 Å². The predicted octanol–water partition coefficient (Wildman–Crippen LogP) is 2.96. The Morgan fingerprint density at radius 3 is 2.78 bits per heavy atom. The van der Waals surface area contributed by atoms with Gasteiger partial charge in [0.25, 0.3) is 0 Å². The monoisotopic (exact) mass is 329 g/mol. The second kappa shape index (κ2) is 6.19. The van der Waals surface area contributed by atoms with Gasteiger partial charge in [0.2, 0.25) is 0 Å². The van der Waals surface area contributed by atoms with E-state index < -0.39 is 0 Å². The molecule has 2 aliphatic heterocycles. The summed E-state index contributed by atoms with van der Waals surface area (Å²) in [6.45, 7) is 3.99. The predicted molar refractivity (Wildman–Crippen MR) is 89.3 cm³/mol. The molecule has 1 unspecified atom stereocenters. The van der Waals surface area contributed by atoms with Crippen LogP contribution in [0, 0.1) is 5.41 Å². The summed E-state index contributed by atoms with van der Waals surface area (Å²) in [4.78, 5) is 10.6. The van der Waals surface area contributed by atoms with E-state index in [1.54, 1.807) is 6.33 Å². The maximum atomic E-state index is 6.25. The zero-order valence-electron chi connectivity index (χ0n) is 13.0. The minimum Gasteiger partial charge on any atom is -0.377 e. The van der Waals surface area contributed by atoms with Crippen LogP contribution in [0.25, 0.3) is 0 Å². The molecule has 1 spiro atoms. The van der Waals surface area contributed by atoms with Crippen molar-refractivity contribution in [1.29, 1.82) is 0 Å². The van der Waals surface area contributed by atoms with E-state index in [0.29, 0.717) is 11.5 Å². The van der Waals surface area contributed by atoms with Crippen LogP contribution in [0.5, 0.6) is 0 Å². The highest BCUT2D eigenvalue weighted by Crippen LogP contribution is 2.42. The van der Waals surface area contributed by atoms with Gasteiger partial charge in [0.1, 0.15) is 6.33 Å². The molecule has 1 aromatic heterocycles. The Kier molecular flexibility index (Phi) is 4.05. The van der Waals surface area contributed by atoms with Gasteiger partial charge in [0, 0.05) is 48.9 Å². The Labute approximate surface area is 141 Å². The van der Waals surface area contributed by atoms with Crippen LogP contribution in [-0.2, 0) is 17.7 Å². The Morgan fingerprint density at radius 2 is 2.00 bits per heavy atom. The van der Waals surface area contributed by atoms with Gasteiger partial charge in [-0.05, 0) is 23.6 Å². The van der Waals surface area contributed by atoms with Crippen molar-refractivity contribution in [3.63, 3.8) is 0 Å². The molecule has 5 heteroatoms. The molecule has 2 aliphatic rings. The molecular formula is C18H20ClN3O. The zero-order chi connectivity index (χ0) is 15.7. The average Bonchev–Trinajstić information content (AvgIpc) is 2.94. The first kappa shape index (κ1) is 15.1. The van der Waals surface area contributed by atoms with E-state index in [2.05, 4.69) is 20.9 Å². The number of ether oxygens (including phenoxy) is 1. The van der Waals surface area contributed by atoms with Gasteiger partial charge in [-0.1, -0.05) is 29.8 Å². The topological polar surface area (TPSA) is 38.2 Å². The van der Waals surface area contributed by atoms with Crippen molar-refractivity contribution < 1.29 is 4.74 Å². The van der Waals surface area contributed by atoms with E-state index >= 15 is 0 Å². The molecule has 4 rings (SSSR count). The summed E-state index contributed by atoms with van der Waals surface area (Å²) in [6, 6.07) is 8.10. The fourth-order valence-corrected chi connectivity index (χ4v) is 4.02. The number of halogens is 1. The quantitative estimate of drug-likeness (QED) is 0.864. The van der Waals surface area contributed by atoms with Crippen molar-refractivity contribution in [1.82, 2.24) is 14.9 Å². The lowest BCUT2D eigenvalue weighted by molar-refractivity contribution is -0.0140. The van der Waals surface area contributed by atoms with Crippen LogP contribution in [0.3, 0.4) is 0 Å². The fraction of sp³-hybridized carbons (Fsp3) is 0.444. The highest BCUT2D eigenvalue weighted by Gasteiger charge is 2.48. The smallest absolute Gasteiger partial charge is 0.115 e. The molecule has 0 saturated carbocycles. The lowest BCUT2D eigenvalue weighted by Gasteiger charge is -2.47. The lowest BCUT2D eigenvalue weighted by Crippen LogP contribution is -2.56. The normalized spacial score (nSPS) is 23.1. The molecule has 4 nitrogen and oxygen atoms in total. The van der Waals surface area contributed by atoms with E-state index in [1.807, 2.05) is 30.6 Å². The zero-order valence-corrected chi connectivity index (χ0v) is 13.7. The van der Waals surface area contributed by atoms with Crippen molar-refractivity contribution in [2.45, 2.75) is 25.5 Å². The largest absolute Gasteiger partial charge is 0.377 e. The minimum atomic E-state index is 0.295. The third-order valence-electron chi connectivity index (χ3n) is 4.83. The van der Waals surface area contributed by atoms with Gasteiger partial charge in [-0.3, -0.25) is 4.90 Å². The molecule has 0 radical (unpaired) electrons. The Morgan fingerprint density at radius 1 is 1.22 bits per heavy atom. The first-order valence-corrected chi connectivity index (χ1v) is 8.42. The van der Waals surface area contributed by atoms with Gasteiger partial charge < -0.3 is 4.74 Å². The van der Waals surface area contributed by atoms with Crippen molar-refractivity contribution in [2.24, 2.45) is 5.41 Å². The molecule has 120 valence electrons. The van der Waals surface area contributed by atoms with Gasteiger partial charge in [-0.25, -0.2) is 9.97 Å². The van der Waals surface area contributed by atoms with Crippen LogP contribution >= 0.6 is 11.6 Å². The SMILES string of the molecule is Clc1ccccc1CN1CC2(COC(Cc3cncnc3)C2)C1. The number of hydrogen-bond acceptors (Lipinski definition) is 4. The summed E-state index contributed by atoms with van der Waals surface area (Å²) in [6.07, 6.45) is 7.66. The maximum Gasteiger partial charge on any atom is 0.115 e. The molecule has 23 heavy (non-hydrogen) atoms. The number of hydrogen-bond donors (Lipinski definition) is 0. The van der Waals surface area contributed by atoms with Crippen molar-refractivity contribution in [2.75, 3.05) is 19.7 Å². The number of likely N-dealkylation sites (tertiary alicyclic amines) is 1.